The first kappa shape index (κ1) is 11.5. The first-order valence-electron chi connectivity index (χ1n) is 6.55. The molecular formula is C14H20N4. The predicted molar refractivity (Wildman–Crippen MR) is 74.9 cm³/mol. The lowest BCUT2D eigenvalue weighted by atomic mass is 9.88. The number of para-hydroxylation sites is 1. The van der Waals surface area contributed by atoms with Crippen molar-refractivity contribution < 1.29 is 0 Å². The number of anilines is 1. The van der Waals surface area contributed by atoms with Crippen LogP contribution in [0.5, 0.6) is 0 Å². The van der Waals surface area contributed by atoms with Gasteiger partial charge in [-0.2, -0.15) is 0 Å². The van der Waals surface area contributed by atoms with E-state index in [-0.39, 0.29) is 5.54 Å². The molecule has 4 heteroatoms. The predicted octanol–water partition coefficient (Wildman–Crippen LogP) is 1.29. The summed E-state index contributed by atoms with van der Waals surface area (Å²) >= 11 is 0. The molecule has 2 N–H and O–H groups in total. The summed E-state index contributed by atoms with van der Waals surface area (Å²) in [6.45, 7) is 3.02. The normalized spacial score (nSPS) is 28.7. The van der Waals surface area contributed by atoms with Crippen molar-refractivity contribution in [3.8, 4) is 0 Å². The van der Waals surface area contributed by atoms with Crippen molar-refractivity contribution in [2.24, 2.45) is 10.7 Å². The summed E-state index contributed by atoms with van der Waals surface area (Å²) in [5, 5.41) is 0. The SMILES string of the molecule is CN1CCCC2(CN=C(N)N2c2ccccc2)C1. The Morgan fingerprint density at radius 2 is 2.06 bits per heavy atom. The summed E-state index contributed by atoms with van der Waals surface area (Å²) in [6.07, 6.45) is 2.37. The number of nitrogens with two attached hydrogens (primary N) is 1. The van der Waals surface area contributed by atoms with Gasteiger partial charge in [0.15, 0.2) is 5.96 Å². The zero-order valence-electron chi connectivity index (χ0n) is 10.8. The Morgan fingerprint density at radius 1 is 1.28 bits per heavy atom. The van der Waals surface area contributed by atoms with Crippen LogP contribution in [-0.2, 0) is 0 Å². The standard InChI is InChI=1S/C14H20N4/c1-17-9-5-8-14(11-17)10-16-13(15)18(14)12-6-3-2-4-7-12/h2-4,6-7H,5,8-11H2,1H3,(H2,15,16). The molecule has 2 aliphatic rings. The summed E-state index contributed by atoms with van der Waals surface area (Å²) in [5.41, 5.74) is 7.35. The third-order valence-corrected chi connectivity index (χ3v) is 4.00. The van der Waals surface area contributed by atoms with E-state index in [4.69, 9.17) is 5.73 Å². The van der Waals surface area contributed by atoms with Crippen LogP contribution >= 0.6 is 0 Å². The number of likely N-dealkylation sites (N-methyl/N-ethyl adjacent to an activating group) is 1. The molecule has 1 unspecified atom stereocenters. The summed E-state index contributed by atoms with van der Waals surface area (Å²) < 4.78 is 0. The van der Waals surface area contributed by atoms with Crippen LogP contribution in [0.1, 0.15) is 12.8 Å². The zero-order valence-corrected chi connectivity index (χ0v) is 10.8. The number of hydrogen-bond donors (Lipinski definition) is 1. The molecule has 1 fully saturated rings. The van der Waals surface area contributed by atoms with Gasteiger partial charge in [0.25, 0.3) is 0 Å². The van der Waals surface area contributed by atoms with Crippen LogP contribution in [0.3, 0.4) is 0 Å². The van der Waals surface area contributed by atoms with Gasteiger partial charge < -0.3 is 15.5 Å². The number of nitrogens with zero attached hydrogens (tertiary/aromatic N) is 3. The van der Waals surface area contributed by atoms with Crippen LogP contribution in [0.25, 0.3) is 0 Å². The van der Waals surface area contributed by atoms with E-state index >= 15 is 0 Å². The zero-order chi connectivity index (χ0) is 12.6. The van der Waals surface area contributed by atoms with Gasteiger partial charge in [-0.05, 0) is 38.6 Å². The number of piperidine rings is 1. The second kappa shape index (κ2) is 4.28. The number of benzene rings is 1. The van der Waals surface area contributed by atoms with Gasteiger partial charge in [0.2, 0.25) is 0 Å². The molecule has 1 aromatic carbocycles. The Bertz CT molecular complexity index is 456. The van der Waals surface area contributed by atoms with E-state index in [1.54, 1.807) is 0 Å². The molecule has 3 rings (SSSR count). The topological polar surface area (TPSA) is 44.9 Å². The minimum absolute atomic E-state index is 0.0679. The average molecular weight is 244 g/mol. The van der Waals surface area contributed by atoms with Crippen LogP contribution in [0.4, 0.5) is 5.69 Å². The van der Waals surface area contributed by atoms with Gasteiger partial charge in [0.05, 0.1) is 12.1 Å². The number of hydrogen-bond acceptors (Lipinski definition) is 4. The molecule has 18 heavy (non-hydrogen) atoms. The fraction of sp³-hybridized carbons (Fsp3) is 0.500. The van der Waals surface area contributed by atoms with E-state index < -0.39 is 0 Å². The minimum Gasteiger partial charge on any atom is -0.369 e. The molecule has 0 amide bonds. The van der Waals surface area contributed by atoms with Gasteiger partial charge in [-0.3, -0.25) is 4.99 Å². The highest BCUT2D eigenvalue weighted by Gasteiger charge is 2.45. The van der Waals surface area contributed by atoms with Gasteiger partial charge >= 0.3 is 0 Å². The highest BCUT2D eigenvalue weighted by atomic mass is 15.4. The van der Waals surface area contributed by atoms with Crippen molar-refractivity contribution in [1.29, 1.82) is 0 Å². The van der Waals surface area contributed by atoms with E-state index in [1.165, 1.54) is 13.0 Å². The minimum atomic E-state index is 0.0679. The second-order valence-corrected chi connectivity index (χ2v) is 5.41. The summed E-state index contributed by atoms with van der Waals surface area (Å²) in [7, 11) is 2.18. The van der Waals surface area contributed by atoms with Crippen molar-refractivity contribution in [1.82, 2.24) is 4.90 Å². The Morgan fingerprint density at radius 3 is 2.78 bits per heavy atom. The number of likely N-dealkylation sites (tertiary alicyclic amines) is 1. The van der Waals surface area contributed by atoms with E-state index in [1.807, 2.05) is 6.07 Å². The number of aliphatic imine (C=N–C) groups is 1. The molecule has 4 nitrogen and oxygen atoms in total. The van der Waals surface area contributed by atoms with Crippen LogP contribution < -0.4 is 10.6 Å². The lowest BCUT2D eigenvalue weighted by Gasteiger charge is -2.45. The van der Waals surface area contributed by atoms with Gasteiger partial charge in [0.1, 0.15) is 0 Å². The third-order valence-electron chi connectivity index (χ3n) is 4.00. The fourth-order valence-electron chi connectivity index (χ4n) is 3.25. The maximum Gasteiger partial charge on any atom is 0.196 e. The van der Waals surface area contributed by atoms with E-state index in [0.717, 1.165) is 25.2 Å². The Kier molecular flexibility index (Phi) is 2.74. The second-order valence-electron chi connectivity index (χ2n) is 5.41. The largest absolute Gasteiger partial charge is 0.369 e. The first-order valence-corrected chi connectivity index (χ1v) is 6.55. The lowest BCUT2D eigenvalue weighted by Crippen LogP contribution is -2.60. The summed E-state index contributed by atoms with van der Waals surface area (Å²) in [4.78, 5) is 9.12. The van der Waals surface area contributed by atoms with Gasteiger partial charge in [-0.1, -0.05) is 18.2 Å². The Labute approximate surface area is 108 Å². The molecule has 2 aliphatic heterocycles. The van der Waals surface area contributed by atoms with Crippen molar-refractivity contribution in [3.05, 3.63) is 30.3 Å². The molecule has 0 aliphatic carbocycles. The molecule has 0 saturated carbocycles. The van der Waals surface area contributed by atoms with Crippen molar-refractivity contribution >= 4 is 11.6 Å². The van der Waals surface area contributed by atoms with E-state index in [9.17, 15) is 0 Å². The maximum atomic E-state index is 6.12. The number of guanidine groups is 1. The third kappa shape index (κ3) is 1.77. The Balaban J connectivity index is 1.96. The molecule has 1 atom stereocenters. The molecule has 0 bridgehead atoms. The molecule has 0 radical (unpaired) electrons. The van der Waals surface area contributed by atoms with E-state index in [0.29, 0.717) is 5.96 Å². The molecule has 2 heterocycles. The molecule has 1 saturated heterocycles. The fourth-order valence-corrected chi connectivity index (χ4v) is 3.25. The first-order chi connectivity index (χ1) is 8.71. The maximum absolute atomic E-state index is 6.12. The van der Waals surface area contributed by atoms with E-state index in [2.05, 4.69) is 46.1 Å². The van der Waals surface area contributed by atoms with Crippen LogP contribution in [0.2, 0.25) is 0 Å². The van der Waals surface area contributed by atoms with Crippen molar-refractivity contribution in [2.45, 2.75) is 18.4 Å². The van der Waals surface area contributed by atoms with Gasteiger partial charge in [-0.15, -0.1) is 0 Å². The van der Waals surface area contributed by atoms with Crippen molar-refractivity contribution in [2.75, 3.05) is 31.6 Å². The average Bonchev–Trinajstić information content (AvgIpc) is 2.67. The molecule has 0 aromatic heterocycles. The van der Waals surface area contributed by atoms with Gasteiger partial charge in [-0.25, -0.2) is 0 Å². The molecule has 96 valence electrons. The van der Waals surface area contributed by atoms with Crippen LogP contribution in [-0.4, -0.2) is 43.1 Å². The van der Waals surface area contributed by atoms with Crippen LogP contribution in [0, 0.1) is 0 Å². The van der Waals surface area contributed by atoms with Crippen LogP contribution in [0.15, 0.2) is 35.3 Å². The molecule has 1 spiro atoms. The highest BCUT2D eigenvalue weighted by molar-refractivity contribution is 5.98. The Hall–Kier alpha value is -1.55. The monoisotopic (exact) mass is 244 g/mol. The molecule has 1 aromatic rings. The van der Waals surface area contributed by atoms with Crippen molar-refractivity contribution in [3.63, 3.8) is 0 Å². The molecular weight excluding hydrogens is 224 g/mol. The number of rotatable bonds is 1. The van der Waals surface area contributed by atoms with Gasteiger partial charge in [0, 0.05) is 12.2 Å². The summed E-state index contributed by atoms with van der Waals surface area (Å²) in [5.74, 6) is 0.663. The smallest absolute Gasteiger partial charge is 0.196 e. The quantitative estimate of drug-likeness (QED) is 0.809. The summed E-state index contributed by atoms with van der Waals surface area (Å²) in [6, 6.07) is 10.4. The lowest BCUT2D eigenvalue weighted by molar-refractivity contribution is 0.191. The highest BCUT2D eigenvalue weighted by Crippen LogP contribution is 2.35.